The van der Waals surface area contributed by atoms with Gasteiger partial charge in [-0.15, -0.1) is 0 Å². The highest BCUT2D eigenvalue weighted by Crippen LogP contribution is 2.22. The molecular weight excluding hydrogens is 416 g/mol. The van der Waals surface area contributed by atoms with E-state index in [0.717, 1.165) is 37.3 Å². The van der Waals surface area contributed by atoms with Crippen molar-refractivity contribution in [3.8, 4) is 5.75 Å². The summed E-state index contributed by atoms with van der Waals surface area (Å²) in [6.45, 7) is 2.27. The van der Waals surface area contributed by atoms with E-state index < -0.39 is 0 Å². The van der Waals surface area contributed by atoms with Crippen molar-refractivity contribution in [2.75, 3.05) is 36.5 Å². The Balaban J connectivity index is 1.51. The molecule has 170 valence electrons. The number of benzene rings is 2. The molecule has 2 aromatic carbocycles. The van der Waals surface area contributed by atoms with Crippen molar-refractivity contribution in [2.24, 2.45) is 0 Å². The maximum atomic E-state index is 13.4. The van der Waals surface area contributed by atoms with Crippen molar-refractivity contribution in [1.82, 2.24) is 10.3 Å². The largest absolute Gasteiger partial charge is 0.497 e. The number of methoxy groups -OCH3 is 1. The molecule has 0 radical (unpaired) electrons. The minimum Gasteiger partial charge on any atom is -0.497 e. The van der Waals surface area contributed by atoms with Crippen LogP contribution in [0, 0.1) is 0 Å². The van der Waals surface area contributed by atoms with Crippen LogP contribution in [0.3, 0.4) is 0 Å². The molecule has 7 nitrogen and oxygen atoms in total. The van der Waals surface area contributed by atoms with Gasteiger partial charge in [0.05, 0.1) is 12.7 Å². The van der Waals surface area contributed by atoms with Gasteiger partial charge in [-0.2, -0.15) is 0 Å². The van der Waals surface area contributed by atoms with Crippen LogP contribution in [0.1, 0.15) is 28.8 Å². The molecule has 1 N–H and O–H groups in total. The number of aromatic nitrogens is 1. The van der Waals surface area contributed by atoms with Gasteiger partial charge in [0.2, 0.25) is 5.91 Å². The Labute approximate surface area is 194 Å². The molecule has 1 aromatic heterocycles. The predicted octanol–water partition coefficient (Wildman–Crippen LogP) is 3.65. The van der Waals surface area contributed by atoms with E-state index in [1.165, 1.54) is 4.90 Å². The van der Waals surface area contributed by atoms with Gasteiger partial charge in [0.25, 0.3) is 5.91 Å². The topological polar surface area (TPSA) is 74.8 Å². The number of amides is 2. The lowest BCUT2D eigenvalue weighted by atomic mass is 10.2. The smallest absolute Gasteiger partial charge is 0.260 e. The molecule has 2 amide bonds. The van der Waals surface area contributed by atoms with Gasteiger partial charge in [-0.25, -0.2) is 4.98 Å². The number of carbonyl (C=O) groups excluding carboxylic acids is 2. The zero-order valence-corrected chi connectivity index (χ0v) is 18.7. The summed E-state index contributed by atoms with van der Waals surface area (Å²) in [7, 11) is 1.59. The Morgan fingerprint density at radius 3 is 2.36 bits per heavy atom. The molecule has 2 heterocycles. The number of carbonyl (C=O) groups is 2. The third-order valence-electron chi connectivity index (χ3n) is 5.69. The van der Waals surface area contributed by atoms with Crippen molar-refractivity contribution in [1.29, 1.82) is 0 Å². The third-order valence-corrected chi connectivity index (χ3v) is 5.69. The summed E-state index contributed by atoms with van der Waals surface area (Å²) >= 11 is 0. The lowest BCUT2D eigenvalue weighted by Crippen LogP contribution is -2.40. The molecule has 1 aliphatic rings. The number of hydrogen-bond donors (Lipinski definition) is 1. The van der Waals surface area contributed by atoms with E-state index in [4.69, 9.17) is 4.74 Å². The first kappa shape index (κ1) is 22.3. The Bertz CT molecular complexity index is 1060. The zero-order valence-electron chi connectivity index (χ0n) is 18.7. The number of ether oxygens (including phenoxy) is 1. The van der Waals surface area contributed by atoms with E-state index >= 15 is 0 Å². The quantitative estimate of drug-likeness (QED) is 0.574. The molecule has 1 saturated heterocycles. The molecule has 3 aromatic rings. The first-order valence-electron chi connectivity index (χ1n) is 11.1. The highest BCUT2D eigenvalue weighted by atomic mass is 16.5. The predicted molar refractivity (Wildman–Crippen MR) is 129 cm³/mol. The Morgan fingerprint density at radius 1 is 1.00 bits per heavy atom. The molecule has 0 atom stereocenters. The van der Waals surface area contributed by atoms with Gasteiger partial charge >= 0.3 is 0 Å². The summed E-state index contributed by atoms with van der Waals surface area (Å²) in [4.78, 5) is 34.3. The van der Waals surface area contributed by atoms with Gasteiger partial charge in [-0.05, 0) is 54.8 Å². The lowest BCUT2D eigenvalue weighted by Gasteiger charge is -2.23. The molecule has 0 aliphatic carbocycles. The van der Waals surface area contributed by atoms with Gasteiger partial charge in [0.1, 0.15) is 18.1 Å². The molecule has 4 rings (SSSR count). The molecule has 0 bridgehead atoms. The number of rotatable bonds is 8. The fourth-order valence-corrected chi connectivity index (χ4v) is 3.84. The summed E-state index contributed by atoms with van der Waals surface area (Å²) in [5.41, 5.74) is 2.04. The summed E-state index contributed by atoms with van der Waals surface area (Å²) in [6, 6.07) is 20.4. The molecule has 0 saturated carbocycles. The monoisotopic (exact) mass is 444 g/mol. The van der Waals surface area contributed by atoms with Gasteiger partial charge in [0, 0.05) is 31.5 Å². The lowest BCUT2D eigenvalue weighted by molar-refractivity contribution is -0.119. The fraction of sp³-hybridized carbons (Fsp3) is 0.269. The maximum Gasteiger partial charge on any atom is 0.260 e. The number of pyridine rings is 1. The van der Waals surface area contributed by atoms with E-state index in [0.29, 0.717) is 23.5 Å². The second-order valence-electron chi connectivity index (χ2n) is 7.95. The van der Waals surface area contributed by atoms with Crippen LogP contribution in [0.4, 0.5) is 11.5 Å². The summed E-state index contributed by atoms with van der Waals surface area (Å²) in [5, 5.41) is 2.89. The molecule has 7 heteroatoms. The molecule has 33 heavy (non-hydrogen) atoms. The highest BCUT2D eigenvalue weighted by Gasteiger charge is 2.22. The first-order valence-corrected chi connectivity index (χ1v) is 11.1. The van der Waals surface area contributed by atoms with Crippen LogP contribution in [0.5, 0.6) is 5.75 Å². The van der Waals surface area contributed by atoms with Gasteiger partial charge in [-0.1, -0.05) is 30.3 Å². The van der Waals surface area contributed by atoms with E-state index in [9.17, 15) is 9.59 Å². The van der Waals surface area contributed by atoms with E-state index in [2.05, 4.69) is 15.2 Å². The van der Waals surface area contributed by atoms with Crippen LogP contribution in [0.2, 0.25) is 0 Å². The standard InChI is InChI=1S/C26H28N4O3/c1-33-23-12-10-22(11-13-23)30(19-25(31)28-17-20-7-3-2-4-8-20)26(32)21-9-14-24(27-18-21)29-15-5-6-16-29/h2-4,7-14,18H,5-6,15-17,19H2,1H3,(H,28,31). The van der Waals surface area contributed by atoms with Gasteiger partial charge in [-0.3, -0.25) is 14.5 Å². The third kappa shape index (κ3) is 5.68. The number of anilines is 2. The van der Waals surface area contributed by atoms with Crippen LogP contribution < -0.4 is 19.9 Å². The summed E-state index contributed by atoms with van der Waals surface area (Å²) in [5.74, 6) is 1.03. The maximum absolute atomic E-state index is 13.4. The summed E-state index contributed by atoms with van der Waals surface area (Å²) in [6.07, 6.45) is 3.91. The second-order valence-corrected chi connectivity index (χ2v) is 7.95. The van der Waals surface area contributed by atoms with E-state index in [1.807, 2.05) is 36.4 Å². The van der Waals surface area contributed by atoms with Crippen LogP contribution in [-0.2, 0) is 11.3 Å². The van der Waals surface area contributed by atoms with Crippen molar-refractivity contribution in [3.63, 3.8) is 0 Å². The van der Waals surface area contributed by atoms with Crippen LogP contribution in [0.15, 0.2) is 72.9 Å². The van der Waals surface area contributed by atoms with Crippen molar-refractivity contribution in [3.05, 3.63) is 84.1 Å². The normalized spacial score (nSPS) is 12.9. The Morgan fingerprint density at radius 2 is 1.73 bits per heavy atom. The van der Waals surface area contributed by atoms with Gasteiger partial charge < -0.3 is 15.0 Å². The van der Waals surface area contributed by atoms with Crippen LogP contribution >= 0.6 is 0 Å². The van der Waals surface area contributed by atoms with E-state index in [1.54, 1.807) is 43.6 Å². The molecular formula is C26H28N4O3. The summed E-state index contributed by atoms with van der Waals surface area (Å²) < 4.78 is 5.23. The van der Waals surface area contributed by atoms with Crippen molar-refractivity contribution < 1.29 is 14.3 Å². The second kappa shape index (κ2) is 10.6. The minimum absolute atomic E-state index is 0.105. The Kier molecular flexibility index (Phi) is 7.19. The zero-order chi connectivity index (χ0) is 23.0. The average Bonchev–Trinajstić information content (AvgIpc) is 3.42. The number of nitrogens with zero attached hydrogens (tertiary/aromatic N) is 3. The molecule has 0 spiro atoms. The van der Waals surface area contributed by atoms with E-state index in [-0.39, 0.29) is 18.4 Å². The van der Waals surface area contributed by atoms with Crippen LogP contribution in [0.25, 0.3) is 0 Å². The van der Waals surface area contributed by atoms with Gasteiger partial charge in [0.15, 0.2) is 0 Å². The Hall–Kier alpha value is -3.87. The fourth-order valence-electron chi connectivity index (χ4n) is 3.84. The first-order chi connectivity index (χ1) is 16.1. The SMILES string of the molecule is COc1ccc(N(CC(=O)NCc2ccccc2)C(=O)c2ccc(N3CCCC3)nc2)cc1. The molecule has 0 unspecified atom stereocenters. The average molecular weight is 445 g/mol. The molecule has 1 fully saturated rings. The number of nitrogens with one attached hydrogen (secondary N) is 1. The van der Waals surface area contributed by atoms with Crippen molar-refractivity contribution in [2.45, 2.75) is 19.4 Å². The van der Waals surface area contributed by atoms with Crippen LogP contribution in [-0.4, -0.2) is 43.5 Å². The number of hydrogen-bond acceptors (Lipinski definition) is 5. The molecule has 1 aliphatic heterocycles. The minimum atomic E-state index is -0.282. The highest BCUT2D eigenvalue weighted by molar-refractivity contribution is 6.08. The van der Waals surface area contributed by atoms with Crippen molar-refractivity contribution >= 4 is 23.3 Å².